The number of hydrogen-bond acceptors (Lipinski definition) is 5. The molecule has 5 heteroatoms. The van der Waals surface area contributed by atoms with Gasteiger partial charge in [0.05, 0.1) is 7.11 Å². The van der Waals surface area contributed by atoms with Gasteiger partial charge in [-0.25, -0.2) is 9.97 Å². The zero-order valence-electron chi connectivity index (χ0n) is 11.7. The lowest BCUT2D eigenvalue weighted by molar-refractivity contribution is 0.415. The van der Waals surface area contributed by atoms with Gasteiger partial charge in [0.2, 0.25) is 0 Å². The minimum Gasteiger partial charge on any atom is -0.497 e. The number of nitrogens with zero attached hydrogens (tertiary/aromatic N) is 3. The van der Waals surface area contributed by atoms with Crippen molar-refractivity contribution in [2.45, 2.75) is 18.8 Å². The highest BCUT2D eigenvalue weighted by atomic mass is 16.5. The van der Waals surface area contributed by atoms with Gasteiger partial charge in [0.15, 0.2) is 0 Å². The smallest absolute Gasteiger partial charge is 0.138 e. The Hall–Kier alpha value is -2.30. The molecule has 0 spiro atoms. The van der Waals surface area contributed by atoms with Gasteiger partial charge in [-0.15, -0.1) is 0 Å². The Morgan fingerprint density at radius 1 is 1.20 bits per heavy atom. The number of anilines is 3. The summed E-state index contributed by atoms with van der Waals surface area (Å²) >= 11 is 0. The Bertz CT molecular complexity index is 608. The molecule has 0 atom stereocenters. The van der Waals surface area contributed by atoms with E-state index in [1.54, 1.807) is 13.2 Å². The van der Waals surface area contributed by atoms with Gasteiger partial charge in [-0.2, -0.15) is 0 Å². The van der Waals surface area contributed by atoms with Gasteiger partial charge in [0.1, 0.15) is 23.2 Å². The van der Waals surface area contributed by atoms with Crippen LogP contribution in [0.2, 0.25) is 0 Å². The van der Waals surface area contributed by atoms with E-state index >= 15 is 0 Å². The van der Waals surface area contributed by atoms with Gasteiger partial charge in [-0.3, -0.25) is 0 Å². The van der Waals surface area contributed by atoms with E-state index in [2.05, 4.69) is 9.97 Å². The van der Waals surface area contributed by atoms with E-state index in [9.17, 15) is 0 Å². The van der Waals surface area contributed by atoms with Crippen LogP contribution in [-0.4, -0.2) is 24.1 Å². The van der Waals surface area contributed by atoms with E-state index in [0.29, 0.717) is 11.7 Å². The van der Waals surface area contributed by atoms with Crippen LogP contribution in [-0.2, 0) is 0 Å². The van der Waals surface area contributed by atoms with Crippen LogP contribution in [0.25, 0.3) is 0 Å². The third-order valence-electron chi connectivity index (χ3n) is 3.50. The van der Waals surface area contributed by atoms with Crippen molar-refractivity contribution in [2.75, 3.05) is 24.8 Å². The number of benzene rings is 1. The summed E-state index contributed by atoms with van der Waals surface area (Å²) in [6, 6.07) is 9.65. The molecule has 1 aromatic carbocycles. The zero-order chi connectivity index (χ0) is 14.1. The average molecular weight is 270 g/mol. The number of nitrogens with two attached hydrogens (primary N) is 1. The number of nitrogen functional groups attached to an aromatic ring is 1. The van der Waals surface area contributed by atoms with E-state index < -0.39 is 0 Å². The third kappa shape index (κ3) is 2.52. The second-order valence-electron chi connectivity index (χ2n) is 5.04. The van der Waals surface area contributed by atoms with Gasteiger partial charge in [-0.05, 0) is 37.1 Å². The SMILES string of the molecule is COc1ccc(N(C)c2cc(N)nc(C3CC3)n2)cc1. The third-order valence-corrected chi connectivity index (χ3v) is 3.50. The molecule has 1 aliphatic rings. The number of rotatable bonds is 4. The Kier molecular flexibility index (Phi) is 3.18. The summed E-state index contributed by atoms with van der Waals surface area (Å²) in [6.45, 7) is 0. The van der Waals surface area contributed by atoms with Gasteiger partial charge >= 0.3 is 0 Å². The largest absolute Gasteiger partial charge is 0.497 e. The zero-order valence-corrected chi connectivity index (χ0v) is 11.7. The van der Waals surface area contributed by atoms with E-state index in [-0.39, 0.29) is 0 Å². The van der Waals surface area contributed by atoms with E-state index in [0.717, 1.165) is 35.9 Å². The Labute approximate surface area is 118 Å². The Morgan fingerprint density at radius 2 is 1.90 bits per heavy atom. The highest BCUT2D eigenvalue weighted by Gasteiger charge is 2.27. The maximum atomic E-state index is 5.89. The van der Waals surface area contributed by atoms with Gasteiger partial charge in [0.25, 0.3) is 0 Å². The molecule has 0 amide bonds. The molecule has 0 bridgehead atoms. The molecule has 0 unspecified atom stereocenters. The number of hydrogen-bond donors (Lipinski definition) is 1. The normalized spacial score (nSPS) is 14.1. The lowest BCUT2D eigenvalue weighted by atomic mass is 10.2. The monoisotopic (exact) mass is 270 g/mol. The van der Waals surface area contributed by atoms with E-state index in [4.69, 9.17) is 10.5 Å². The summed E-state index contributed by atoms with van der Waals surface area (Å²) in [6.07, 6.45) is 2.32. The molecule has 1 aromatic heterocycles. The molecule has 1 saturated carbocycles. The molecule has 0 aliphatic heterocycles. The lowest BCUT2D eigenvalue weighted by Crippen LogP contribution is -2.13. The van der Waals surface area contributed by atoms with Crippen molar-refractivity contribution in [2.24, 2.45) is 0 Å². The molecular formula is C15H18N4O. The average Bonchev–Trinajstić information content (AvgIpc) is 3.30. The summed E-state index contributed by atoms with van der Waals surface area (Å²) < 4.78 is 5.17. The maximum absolute atomic E-state index is 5.89. The molecule has 1 fully saturated rings. The quantitative estimate of drug-likeness (QED) is 0.925. The summed E-state index contributed by atoms with van der Waals surface area (Å²) in [5.41, 5.74) is 6.92. The van der Waals surface area contributed by atoms with E-state index in [1.807, 2.05) is 36.2 Å². The summed E-state index contributed by atoms with van der Waals surface area (Å²) in [5.74, 6) is 3.53. The topological polar surface area (TPSA) is 64.3 Å². The molecule has 5 nitrogen and oxygen atoms in total. The van der Waals surface area contributed by atoms with Crippen LogP contribution >= 0.6 is 0 Å². The number of aromatic nitrogens is 2. The summed E-state index contributed by atoms with van der Waals surface area (Å²) in [7, 11) is 3.63. The molecule has 2 N–H and O–H groups in total. The van der Waals surface area contributed by atoms with Crippen molar-refractivity contribution >= 4 is 17.3 Å². The fourth-order valence-electron chi connectivity index (χ4n) is 2.11. The first-order chi connectivity index (χ1) is 9.67. The van der Waals surface area contributed by atoms with Crippen LogP contribution in [0.3, 0.4) is 0 Å². The molecule has 1 aliphatic carbocycles. The minimum atomic E-state index is 0.488. The van der Waals surface area contributed by atoms with Crippen LogP contribution in [0, 0.1) is 0 Å². The highest BCUT2D eigenvalue weighted by Crippen LogP contribution is 2.39. The highest BCUT2D eigenvalue weighted by molar-refractivity contribution is 5.62. The van der Waals surface area contributed by atoms with Crippen LogP contribution in [0.5, 0.6) is 5.75 Å². The first-order valence-electron chi connectivity index (χ1n) is 6.69. The second-order valence-corrected chi connectivity index (χ2v) is 5.04. The second kappa shape index (κ2) is 5.00. The fourth-order valence-corrected chi connectivity index (χ4v) is 2.11. The molecule has 0 radical (unpaired) electrons. The molecule has 20 heavy (non-hydrogen) atoms. The van der Waals surface area contributed by atoms with E-state index in [1.165, 1.54) is 0 Å². The summed E-state index contributed by atoms with van der Waals surface area (Å²) in [5, 5.41) is 0. The van der Waals surface area contributed by atoms with Crippen LogP contribution in [0.1, 0.15) is 24.6 Å². The summed E-state index contributed by atoms with van der Waals surface area (Å²) in [4.78, 5) is 10.9. The predicted molar refractivity (Wildman–Crippen MR) is 79.5 cm³/mol. The van der Waals surface area contributed by atoms with Crippen LogP contribution in [0.15, 0.2) is 30.3 Å². The lowest BCUT2D eigenvalue weighted by Gasteiger charge is -2.19. The molecule has 1 heterocycles. The number of methoxy groups -OCH3 is 1. The van der Waals surface area contributed by atoms with Crippen molar-refractivity contribution in [3.05, 3.63) is 36.2 Å². The fraction of sp³-hybridized carbons (Fsp3) is 0.333. The molecular weight excluding hydrogens is 252 g/mol. The number of ether oxygens (including phenoxy) is 1. The van der Waals surface area contributed by atoms with Crippen molar-refractivity contribution in [3.63, 3.8) is 0 Å². The van der Waals surface area contributed by atoms with Crippen LogP contribution < -0.4 is 15.4 Å². The first-order valence-corrected chi connectivity index (χ1v) is 6.69. The predicted octanol–water partition coefficient (Wildman–Crippen LogP) is 2.71. The molecule has 3 rings (SSSR count). The molecule has 0 saturated heterocycles. The van der Waals surface area contributed by atoms with Crippen molar-refractivity contribution < 1.29 is 4.74 Å². The Morgan fingerprint density at radius 3 is 2.50 bits per heavy atom. The Balaban J connectivity index is 1.90. The van der Waals surface area contributed by atoms with Gasteiger partial charge < -0.3 is 15.4 Å². The van der Waals surface area contributed by atoms with Crippen molar-refractivity contribution in [1.29, 1.82) is 0 Å². The molecule has 104 valence electrons. The standard InChI is InChI=1S/C15H18N4O/c1-19(11-5-7-12(20-2)8-6-11)14-9-13(16)17-15(18-14)10-3-4-10/h5-10H,3-4H2,1-2H3,(H2,16,17,18). The first kappa shape index (κ1) is 12.7. The van der Waals surface area contributed by atoms with Crippen LogP contribution in [0.4, 0.5) is 17.3 Å². The van der Waals surface area contributed by atoms with Crippen molar-refractivity contribution in [3.8, 4) is 5.75 Å². The maximum Gasteiger partial charge on any atom is 0.138 e. The van der Waals surface area contributed by atoms with Gasteiger partial charge in [-0.1, -0.05) is 0 Å². The minimum absolute atomic E-state index is 0.488. The van der Waals surface area contributed by atoms with Crippen molar-refractivity contribution in [1.82, 2.24) is 9.97 Å². The molecule has 2 aromatic rings. The van der Waals surface area contributed by atoms with Gasteiger partial charge in [0, 0.05) is 24.7 Å².